The van der Waals surface area contributed by atoms with Gasteiger partial charge in [0.05, 0.1) is 13.2 Å². The fraction of sp³-hybridized carbons (Fsp3) is 0.533. The van der Waals surface area contributed by atoms with Crippen LogP contribution in [0.1, 0.15) is 13.8 Å². The van der Waals surface area contributed by atoms with Crippen LogP contribution in [-0.4, -0.2) is 44.6 Å². The fourth-order valence-electron chi connectivity index (χ4n) is 1.72. The zero-order valence-electron chi connectivity index (χ0n) is 13.3. The van der Waals surface area contributed by atoms with Gasteiger partial charge in [0, 0.05) is 30.3 Å². The summed E-state index contributed by atoms with van der Waals surface area (Å²) < 4.78 is 18.5. The lowest BCUT2D eigenvalue weighted by atomic mass is 10.3. The van der Waals surface area contributed by atoms with E-state index in [9.17, 15) is 4.39 Å². The van der Waals surface area contributed by atoms with Crippen LogP contribution in [-0.2, 0) is 4.74 Å². The molecule has 0 saturated heterocycles. The van der Waals surface area contributed by atoms with E-state index < -0.39 is 0 Å². The molecule has 0 radical (unpaired) electrons. The molecule has 1 unspecified atom stereocenters. The van der Waals surface area contributed by atoms with Crippen molar-refractivity contribution in [3.05, 3.63) is 30.1 Å². The highest BCUT2D eigenvalue weighted by Crippen LogP contribution is 2.20. The molecule has 126 valence electrons. The molecule has 0 fully saturated rings. The van der Waals surface area contributed by atoms with Crippen molar-refractivity contribution in [2.24, 2.45) is 4.99 Å². The summed E-state index contributed by atoms with van der Waals surface area (Å²) >= 11 is 1.47. The minimum atomic E-state index is -0.176. The van der Waals surface area contributed by atoms with Crippen LogP contribution in [0.4, 0.5) is 4.39 Å². The van der Waals surface area contributed by atoms with Crippen molar-refractivity contribution in [2.45, 2.75) is 24.8 Å². The summed E-state index contributed by atoms with van der Waals surface area (Å²) in [6, 6.07) is 6.98. The van der Waals surface area contributed by atoms with E-state index in [0.717, 1.165) is 18.3 Å². The molecule has 1 rings (SSSR count). The van der Waals surface area contributed by atoms with Gasteiger partial charge in [-0.15, -0.1) is 35.7 Å². The van der Waals surface area contributed by atoms with Crippen molar-refractivity contribution in [1.29, 1.82) is 0 Å². The van der Waals surface area contributed by atoms with Crippen molar-refractivity contribution < 1.29 is 9.13 Å². The van der Waals surface area contributed by atoms with Gasteiger partial charge in [-0.05, 0) is 26.0 Å². The van der Waals surface area contributed by atoms with Crippen molar-refractivity contribution in [1.82, 2.24) is 10.6 Å². The average Bonchev–Trinajstić information content (AvgIpc) is 2.45. The van der Waals surface area contributed by atoms with Crippen LogP contribution in [0.15, 0.2) is 34.2 Å². The van der Waals surface area contributed by atoms with Crippen LogP contribution in [0.2, 0.25) is 0 Å². The third kappa shape index (κ3) is 8.79. The maximum absolute atomic E-state index is 13.5. The Morgan fingerprint density at radius 1 is 1.41 bits per heavy atom. The number of guanidine groups is 1. The zero-order chi connectivity index (χ0) is 15.5. The van der Waals surface area contributed by atoms with Crippen LogP contribution in [0.5, 0.6) is 0 Å². The Kier molecular flexibility index (Phi) is 12.6. The first kappa shape index (κ1) is 21.5. The standard InChI is InChI=1S/C15H24FN3OS.HI/c1-4-17-15(19-12(2)11-20-3)18-9-10-21-14-8-6-5-7-13(14)16;/h5-8,12H,4,9-11H2,1-3H3,(H2,17,18,19);1H. The Morgan fingerprint density at radius 3 is 2.77 bits per heavy atom. The highest BCUT2D eigenvalue weighted by Gasteiger charge is 2.04. The topological polar surface area (TPSA) is 45.7 Å². The van der Waals surface area contributed by atoms with Gasteiger partial charge < -0.3 is 15.4 Å². The van der Waals surface area contributed by atoms with Crippen LogP contribution in [0.25, 0.3) is 0 Å². The Labute approximate surface area is 153 Å². The summed E-state index contributed by atoms with van der Waals surface area (Å²) in [4.78, 5) is 5.14. The molecule has 0 aliphatic rings. The molecule has 1 aromatic carbocycles. The first-order chi connectivity index (χ1) is 10.2. The third-order valence-electron chi connectivity index (χ3n) is 2.60. The van der Waals surface area contributed by atoms with Crippen molar-refractivity contribution in [2.75, 3.05) is 32.6 Å². The third-order valence-corrected chi connectivity index (χ3v) is 3.63. The van der Waals surface area contributed by atoms with E-state index in [2.05, 4.69) is 15.6 Å². The summed E-state index contributed by atoms with van der Waals surface area (Å²) in [5.41, 5.74) is 0. The van der Waals surface area contributed by atoms with Gasteiger partial charge in [-0.2, -0.15) is 0 Å². The Bertz CT molecular complexity index is 449. The maximum atomic E-state index is 13.5. The molecule has 2 N–H and O–H groups in total. The molecule has 0 aliphatic carbocycles. The Hall–Kier alpha value is -0.540. The molecule has 0 amide bonds. The molecule has 0 saturated carbocycles. The van der Waals surface area contributed by atoms with Crippen LogP contribution in [0.3, 0.4) is 0 Å². The molecule has 1 atom stereocenters. The average molecular weight is 441 g/mol. The normalized spacial score (nSPS) is 12.5. The SMILES string of the molecule is CCNC(=NCCSc1ccccc1F)NC(C)COC.I. The zero-order valence-corrected chi connectivity index (χ0v) is 16.4. The summed E-state index contributed by atoms with van der Waals surface area (Å²) in [5.74, 6) is 1.32. The smallest absolute Gasteiger partial charge is 0.191 e. The predicted molar refractivity (Wildman–Crippen MR) is 103 cm³/mol. The van der Waals surface area contributed by atoms with Crippen molar-refractivity contribution in [3.8, 4) is 0 Å². The Morgan fingerprint density at radius 2 is 2.14 bits per heavy atom. The first-order valence-electron chi connectivity index (χ1n) is 7.08. The number of hydrogen-bond donors (Lipinski definition) is 2. The van der Waals surface area contributed by atoms with E-state index in [1.165, 1.54) is 17.8 Å². The van der Waals surface area contributed by atoms with Crippen molar-refractivity contribution in [3.63, 3.8) is 0 Å². The number of aliphatic imine (C=N–C) groups is 1. The lowest BCUT2D eigenvalue weighted by Crippen LogP contribution is -2.44. The van der Waals surface area contributed by atoms with Crippen LogP contribution >= 0.6 is 35.7 Å². The number of hydrogen-bond acceptors (Lipinski definition) is 3. The molecular weight excluding hydrogens is 416 g/mol. The number of benzene rings is 1. The monoisotopic (exact) mass is 441 g/mol. The lowest BCUT2D eigenvalue weighted by molar-refractivity contribution is 0.179. The Balaban J connectivity index is 0.00000441. The van der Waals surface area contributed by atoms with Gasteiger partial charge in [0.15, 0.2) is 5.96 Å². The number of ether oxygens (including phenoxy) is 1. The summed E-state index contributed by atoms with van der Waals surface area (Å²) in [6.45, 7) is 6.09. The van der Waals surface area contributed by atoms with Gasteiger partial charge in [0.25, 0.3) is 0 Å². The summed E-state index contributed by atoms with van der Waals surface area (Å²) in [7, 11) is 1.67. The second kappa shape index (κ2) is 13.0. The minimum Gasteiger partial charge on any atom is -0.383 e. The highest BCUT2D eigenvalue weighted by atomic mass is 127. The number of rotatable bonds is 8. The number of thioether (sulfide) groups is 1. The second-order valence-electron chi connectivity index (χ2n) is 4.54. The van der Waals surface area contributed by atoms with Crippen LogP contribution in [0, 0.1) is 5.82 Å². The number of nitrogens with one attached hydrogen (secondary N) is 2. The van der Waals surface area contributed by atoms with E-state index >= 15 is 0 Å². The summed E-state index contributed by atoms with van der Waals surface area (Å²) in [6.07, 6.45) is 0. The van der Waals surface area contributed by atoms with Gasteiger partial charge in [0.2, 0.25) is 0 Å². The largest absolute Gasteiger partial charge is 0.383 e. The second-order valence-corrected chi connectivity index (χ2v) is 5.68. The lowest BCUT2D eigenvalue weighted by Gasteiger charge is -2.16. The number of methoxy groups -OCH3 is 1. The van der Waals surface area contributed by atoms with E-state index in [4.69, 9.17) is 4.74 Å². The predicted octanol–water partition coefficient (Wildman–Crippen LogP) is 3.13. The molecule has 0 bridgehead atoms. The first-order valence-corrected chi connectivity index (χ1v) is 8.07. The van der Waals surface area contributed by atoms with Crippen LogP contribution < -0.4 is 10.6 Å². The van der Waals surface area contributed by atoms with E-state index in [1.807, 2.05) is 19.9 Å². The van der Waals surface area contributed by atoms with E-state index in [1.54, 1.807) is 19.2 Å². The molecular formula is C15H25FIN3OS. The quantitative estimate of drug-likeness (QED) is 0.214. The highest BCUT2D eigenvalue weighted by molar-refractivity contribution is 14.0. The fourth-order valence-corrected chi connectivity index (χ4v) is 2.50. The van der Waals surface area contributed by atoms with Gasteiger partial charge in [-0.1, -0.05) is 12.1 Å². The molecule has 1 aromatic rings. The van der Waals surface area contributed by atoms with Gasteiger partial charge in [0.1, 0.15) is 5.82 Å². The molecule has 0 aromatic heterocycles. The van der Waals surface area contributed by atoms with Gasteiger partial charge in [-0.25, -0.2) is 4.39 Å². The molecule has 0 aliphatic heterocycles. The molecule has 22 heavy (non-hydrogen) atoms. The number of nitrogens with zero attached hydrogens (tertiary/aromatic N) is 1. The molecule has 4 nitrogen and oxygen atoms in total. The molecule has 0 spiro atoms. The minimum absolute atomic E-state index is 0. The summed E-state index contributed by atoms with van der Waals surface area (Å²) in [5, 5.41) is 6.44. The maximum Gasteiger partial charge on any atom is 0.191 e. The van der Waals surface area contributed by atoms with Crippen molar-refractivity contribution >= 4 is 41.7 Å². The molecule has 7 heteroatoms. The van der Waals surface area contributed by atoms with E-state index in [0.29, 0.717) is 18.0 Å². The molecule has 0 heterocycles. The van der Waals surface area contributed by atoms with Gasteiger partial charge in [-0.3, -0.25) is 4.99 Å². The number of halogens is 2. The van der Waals surface area contributed by atoms with E-state index in [-0.39, 0.29) is 35.8 Å². The van der Waals surface area contributed by atoms with Gasteiger partial charge >= 0.3 is 0 Å².